The highest BCUT2D eigenvalue weighted by molar-refractivity contribution is 14.1. The lowest BCUT2D eigenvalue weighted by Gasteiger charge is -2.16. The lowest BCUT2D eigenvalue weighted by molar-refractivity contribution is -0.384. The second kappa shape index (κ2) is 10.9. The Balaban J connectivity index is 1.74. The highest BCUT2D eigenvalue weighted by atomic mass is 127. The van der Waals surface area contributed by atoms with E-state index in [9.17, 15) is 10.1 Å². The minimum atomic E-state index is -0.426. The van der Waals surface area contributed by atoms with Gasteiger partial charge in [-0.1, -0.05) is 23.2 Å². The van der Waals surface area contributed by atoms with Crippen molar-refractivity contribution < 1.29 is 14.4 Å². The first-order valence-corrected chi connectivity index (χ1v) is 11.2. The lowest BCUT2D eigenvalue weighted by atomic mass is 10.2. The molecule has 6 nitrogen and oxygen atoms in total. The molecule has 3 rings (SSSR count). The molecular weight excluding hydrogens is 554 g/mol. The predicted molar refractivity (Wildman–Crippen MR) is 132 cm³/mol. The highest BCUT2D eigenvalue weighted by Crippen LogP contribution is 2.35. The van der Waals surface area contributed by atoms with Gasteiger partial charge >= 0.3 is 0 Å². The largest absolute Gasteiger partial charge is 0.490 e. The van der Waals surface area contributed by atoms with Crippen LogP contribution in [0.25, 0.3) is 0 Å². The van der Waals surface area contributed by atoms with E-state index in [1.807, 2.05) is 25.1 Å². The van der Waals surface area contributed by atoms with Crippen LogP contribution >= 0.6 is 45.8 Å². The molecule has 0 fully saturated rings. The number of nitrogens with zero attached hydrogens (tertiary/aromatic N) is 1. The van der Waals surface area contributed by atoms with Gasteiger partial charge in [0.1, 0.15) is 6.61 Å². The van der Waals surface area contributed by atoms with Crippen molar-refractivity contribution in [3.63, 3.8) is 0 Å². The molecule has 31 heavy (non-hydrogen) atoms. The topological polar surface area (TPSA) is 73.6 Å². The molecule has 0 unspecified atom stereocenters. The van der Waals surface area contributed by atoms with E-state index in [1.54, 1.807) is 24.3 Å². The third-order valence-corrected chi connectivity index (χ3v) is 5.66. The van der Waals surface area contributed by atoms with E-state index < -0.39 is 4.92 Å². The van der Waals surface area contributed by atoms with Gasteiger partial charge in [0.15, 0.2) is 11.5 Å². The summed E-state index contributed by atoms with van der Waals surface area (Å²) in [4.78, 5) is 10.4. The Morgan fingerprint density at radius 1 is 1.03 bits per heavy atom. The summed E-state index contributed by atoms with van der Waals surface area (Å²) in [5, 5.41) is 15.2. The Hall–Kier alpha value is -2.23. The maximum atomic E-state index is 10.8. The Morgan fingerprint density at radius 3 is 2.42 bits per heavy atom. The minimum Gasteiger partial charge on any atom is -0.490 e. The summed E-state index contributed by atoms with van der Waals surface area (Å²) < 4.78 is 12.7. The monoisotopic (exact) mass is 572 g/mol. The fraction of sp³-hybridized carbons (Fsp3) is 0.182. The molecule has 0 saturated heterocycles. The van der Waals surface area contributed by atoms with Crippen molar-refractivity contribution >= 4 is 57.2 Å². The predicted octanol–water partition coefficient (Wildman–Crippen LogP) is 7.10. The van der Waals surface area contributed by atoms with E-state index in [4.69, 9.17) is 32.7 Å². The molecule has 3 aromatic carbocycles. The number of anilines is 1. The second-order valence-electron chi connectivity index (χ2n) is 6.53. The zero-order valence-corrected chi connectivity index (χ0v) is 20.2. The third-order valence-electron chi connectivity index (χ3n) is 4.31. The number of nitro groups is 1. The van der Waals surface area contributed by atoms with Gasteiger partial charge in [-0.2, -0.15) is 0 Å². The zero-order chi connectivity index (χ0) is 22.4. The van der Waals surface area contributed by atoms with Crippen LogP contribution in [0, 0.1) is 13.7 Å². The van der Waals surface area contributed by atoms with E-state index in [1.165, 1.54) is 12.1 Å². The molecule has 0 saturated carbocycles. The Kier molecular flexibility index (Phi) is 8.22. The van der Waals surface area contributed by atoms with Gasteiger partial charge in [-0.15, -0.1) is 0 Å². The van der Waals surface area contributed by atoms with Crippen molar-refractivity contribution in [2.24, 2.45) is 0 Å². The number of halogens is 3. The molecule has 0 aliphatic rings. The van der Waals surface area contributed by atoms with E-state index in [0.29, 0.717) is 34.7 Å². The summed E-state index contributed by atoms with van der Waals surface area (Å²) in [5.74, 6) is 1.27. The standard InChI is InChI=1S/C22H19Cl2IN2O4/c1-2-30-21-10-15(12-26-20-8-5-16(23)11-18(20)24)9-19(25)22(21)31-13-14-3-6-17(7-4-14)27(28)29/h3-11,26H,2,12-13H2,1H3. The quantitative estimate of drug-likeness (QED) is 0.168. The molecule has 0 amide bonds. The van der Waals surface area contributed by atoms with Crippen molar-refractivity contribution in [1.29, 1.82) is 0 Å². The van der Waals surface area contributed by atoms with E-state index in [0.717, 1.165) is 20.4 Å². The molecular formula is C22H19Cl2IN2O4. The van der Waals surface area contributed by atoms with Crippen LogP contribution in [-0.4, -0.2) is 11.5 Å². The van der Waals surface area contributed by atoms with Crippen LogP contribution in [0.5, 0.6) is 11.5 Å². The number of nitro benzene ring substituents is 1. The average Bonchev–Trinajstić information content (AvgIpc) is 2.73. The first kappa shape index (κ1) is 23.4. The average molecular weight is 573 g/mol. The number of hydrogen-bond acceptors (Lipinski definition) is 5. The Morgan fingerprint density at radius 2 is 1.77 bits per heavy atom. The summed E-state index contributed by atoms with van der Waals surface area (Å²) in [6.07, 6.45) is 0. The SMILES string of the molecule is CCOc1cc(CNc2ccc(Cl)cc2Cl)cc(I)c1OCc1ccc([N+](=O)[O-])cc1. The fourth-order valence-corrected chi connectivity index (χ4v) is 4.12. The van der Waals surface area contributed by atoms with Crippen LogP contribution in [0.4, 0.5) is 11.4 Å². The van der Waals surface area contributed by atoms with Crippen LogP contribution in [-0.2, 0) is 13.2 Å². The first-order valence-electron chi connectivity index (χ1n) is 9.37. The van der Waals surface area contributed by atoms with Crippen molar-refractivity contribution in [3.8, 4) is 11.5 Å². The van der Waals surface area contributed by atoms with E-state index in [2.05, 4.69) is 27.9 Å². The highest BCUT2D eigenvalue weighted by Gasteiger charge is 2.14. The van der Waals surface area contributed by atoms with Gasteiger partial charge in [-0.05, 0) is 83.1 Å². The van der Waals surface area contributed by atoms with Crippen molar-refractivity contribution in [3.05, 3.63) is 89.5 Å². The van der Waals surface area contributed by atoms with Gasteiger partial charge in [-0.25, -0.2) is 0 Å². The molecule has 0 radical (unpaired) electrons. The zero-order valence-electron chi connectivity index (χ0n) is 16.5. The normalized spacial score (nSPS) is 10.6. The molecule has 0 atom stereocenters. The number of ether oxygens (including phenoxy) is 2. The Bertz CT molecular complexity index is 1080. The third kappa shape index (κ3) is 6.38. The maximum absolute atomic E-state index is 10.8. The molecule has 0 aliphatic carbocycles. The molecule has 0 aromatic heterocycles. The van der Waals surface area contributed by atoms with Gasteiger partial charge in [0.25, 0.3) is 5.69 Å². The summed E-state index contributed by atoms with van der Waals surface area (Å²) in [5.41, 5.74) is 2.66. The van der Waals surface area contributed by atoms with Crippen LogP contribution < -0.4 is 14.8 Å². The summed E-state index contributed by atoms with van der Waals surface area (Å²) in [6, 6.07) is 15.5. The van der Waals surface area contributed by atoms with E-state index in [-0.39, 0.29) is 12.3 Å². The molecule has 9 heteroatoms. The lowest BCUT2D eigenvalue weighted by Crippen LogP contribution is -2.05. The molecule has 0 aliphatic heterocycles. The van der Waals surface area contributed by atoms with Crippen molar-refractivity contribution in [1.82, 2.24) is 0 Å². The van der Waals surface area contributed by atoms with Crippen LogP contribution in [0.15, 0.2) is 54.6 Å². The number of rotatable bonds is 9. The molecule has 3 aromatic rings. The summed E-state index contributed by atoms with van der Waals surface area (Å²) in [7, 11) is 0. The molecule has 0 bridgehead atoms. The van der Waals surface area contributed by atoms with Crippen molar-refractivity contribution in [2.45, 2.75) is 20.1 Å². The van der Waals surface area contributed by atoms with Gasteiger partial charge < -0.3 is 14.8 Å². The molecule has 162 valence electrons. The summed E-state index contributed by atoms with van der Waals surface area (Å²) in [6.45, 7) is 3.21. The minimum absolute atomic E-state index is 0.0472. The molecule has 0 spiro atoms. The number of hydrogen-bond donors (Lipinski definition) is 1. The second-order valence-corrected chi connectivity index (χ2v) is 8.53. The smallest absolute Gasteiger partial charge is 0.269 e. The number of nitrogens with one attached hydrogen (secondary N) is 1. The number of non-ortho nitro benzene ring substituents is 1. The van der Waals surface area contributed by atoms with Crippen molar-refractivity contribution in [2.75, 3.05) is 11.9 Å². The van der Waals surface area contributed by atoms with Gasteiger partial charge in [0.05, 0.1) is 25.8 Å². The molecule has 1 N–H and O–H groups in total. The van der Waals surface area contributed by atoms with Gasteiger partial charge in [-0.3, -0.25) is 10.1 Å². The Labute approximate surface area is 203 Å². The van der Waals surface area contributed by atoms with Gasteiger partial charge in [0.2, 0.25) is 0 Å². The maximum Gasteiger partial charge on any atom is 0.269 e. The van der Waals surface area contributed by atoms with Crippen LogP contribution in [0.3, 0.4) is 0 Å². The fourth-order valence-electron chi connectivity index (χ4n) is 2.83. The summed E-state index contributed by atoms with van der Waals surface area (Å²) >= 11 is 14.4. The first-order chi connectivity index (χ1) is 14.9. The van der Waals surface area contributed by atoms with Crippen LogP contribution in [0.1, 0.15) is 18.1 Å². The van der Waals surface area contributed by atoms with Gasteiger partial charge in [0, 0.05) is 23.7 Å². The molecule has 0 heterocycles. The van der Waals surface area contributed by atoms with E-state index >= 15 is 0 Å². The van der Waals surface area contributed by atoms with Crippen LogP contribution in [0.2, 0.25) is 10.0 Å². The number of benzene rings is 3.